The van der Waals surface area contributed by atoms with Crippen LogP contribution in [-0.4, -0.2) is 5.11 Å². The van der Waals surface area contributed by atoms with E-state index in [9.17, 15) is 9.50 Å². The summed E-state index contributed by atoms with van der Waals surface area (Å²) in [7, 11) is 0. The SMILES string of the molecule is Cc1ccc(C(O)Cc2sccc2Cl)cc1F. The van der Waals surface area contributed by atoms with Crippen molar-refractivity contribution in [2.45, 2.75) is 19.4 Å². The third-order valence-corrected chi connectivity index (χ3v) is 4.06. The quantitative estimate of drug-likeness (QED) is 0.889. The van der Waals surface area contributed by atoms with Gasteiger partial charge in [0.05, 0.1) is 11.1 Å². The van der Waals surface area contributed by atoms with Crippen molar-refractivity contribution in [2.75, 3.05) is 0 Å². The number of halogens is 2. The van der Waals surface area contributed by atoms with Gasteiger partial charge in [-0.1, -0.05) is 23.7 Å². The Balaban J connectivity index is 2.17. The van der Waals surface area contributed by atoms with Gasteiger partial charge in [-0.05, 0) is 35.6 Å². The molecule has 1 nitrogen and oxygen atoms in total. The zero-order valence-corrected chi connectivity index (χ0v) is 10.9. The molecule has 1 aromatic carbocycles. The van der Waals surface area contributed by atoms with Crippen LogP contribution in [0.2, 0.25) is 5.02 Å². The topological polar surface area (TPSA) is 20.2 Å². The molecule has 0 bridgehead atoms. The summed E-state index contributed by atoms with van der Waals surface area (Å²) in [5.74, 6) is -0.293. The summed E-state index contributed by atoms with van der Waals surface area (Å²) < 4.78 is 13.4. The van der Waals surface area contributed by atoms with E-state index in [1.165, 1.54) is 17.4 Å². The lowest BCUT2D eigenvalue weighted by Crippen LogP contribution is -2.01. The Morgan fingerprint density at radius 3 is 2.76 bits per heavy atom. The Bertz CT molecular complexity index is 524. The van der Waals surface area contributed by atoms with Gasteiger partial charge in [0.2, 0.25) is 0 Å². The number of rotatable bonds is 3. The van der Waals surface area contributed by atoms with Crippen molar-refractivity contribution in [3.05, 3.63) is 56.5 Å². The number of benzene rings is 1. The predicted octanol–water partition coefficient (Wildman–Crippen LogP) is 4.13. The third-order valence-electron chi connectivity index (χ3n) is 2.65. The first kappa shape index (κ1) is 12.6. The summed E-state index contributed by atoms with van der Waals surface area (Å²) in [5.41, 5.74) is 1.16. The second-order valence-corrected chi connectivity index (χ2v) is 5.33. The van der Waals surface area contributed by atoms with E-state index in [2.05, 4.69) is 0 Å². The monoisotopic (exact) mass is 270 g/mol. The minimum Gasteiger partial charge on any atom is -0.388 e. The van der Waals surface area contributed by atoms with Gasteiger partial charge >= 0.3 is 0 Å². The van der Waals surface area contributed by atoms with Gasteiger partial charge in [-0.2, -0.15) is 0 Å². The molecule has 0 aliphatic rings. The molecule has 0 radical (unpaired) electrons. The molecule has 17 heavy (non-hydrogen) atoms. The summed E-state index contributed by atoms with van der Waals surface area (Å²) in [6.45, 7) is 1.70. The normalized spacial score (nSPS) is 12.7. The fourth-order valence-electron chi connectivity index (χ4n) is 1.58. The molecule has 1 unspecified atom stereocenters. The first-order chi connectivity index (χ1) is 8.08. The second kappa shape index (κ2) is 5.17. The van der Waals surface area contributed by atoms with Gasteiger partial charge in [0.1, 0.15) is 5.82 Å². The van der Waals surface area contributed by atoms with E-state index in [1.807, 2.05) is 5.38 Å². The Morgan fingerprint density at radius 2 is 2.18 bits per heavy atom. The molecule has 0 spiro atoms. The third kappa shape index (κ3) is 2.86. The van der Waals surface area contributed by atoms with E-state index < -0.39 is 6.10 Å². The highest BCUT2D eigenvalue weighted by molar-refractivity contribution is 7.10. The molecule has 1 aromatic heterocycles. The van der Waals surface area contributed by atoms with Crippen LogP contribution in [-0.2, 0) is 6.42 Å². The standard InChI is InChI=1S/C13H12ClFOS/c1-8-2-3-9(6-11(8)15)12(16)7-13-10(14)4-5-17-13/h2-6,12,16H,7H2,1H3. The number of aliphatic hydroxyl groups excluding tert-OH is 1. The summed E-state index contributed by atoms with van der Waals surface area (Å²) in [4.78, 5) is 0.917. The second-order valence-electron chi connectivity index (χ2n) is 3.92. The van der Waals surface area contributed by atoms with Crippen LogP contribution >= 0.6 is 22.9 Å². The molecular formula is C13H12ClFOS. The molecule has 0 amide bonds. The first-order valence-electron chi connectivity index (χ1n) is 5.24. The molecule has 1 heterocycles. The summed E-state index contributed by atoms with van der Waals surface area (Å²) >= 11 is 7.45. The maximum absolute atomic E-state index is 13.4. The molecule has 4 heteroatoms. The zero-order valence-electron chi connectivity index (χ0n) is 9.28. The lowest BCUT2D eigenvalue weighted by Gasteiger charge is -2.11. The number of thiophene rings is 1. The van der Waals surface area contributed by atoms with Crippen molar-refractivity contribution >= 4 is 22.9 Å². The number of hydrogen-bond donors (Lipinski definition) is 1. The van der Waals surface area contributed by atoms with E-state index in [0.717, 1.165) is 4.88 Å². The average molecular weight is 271 g/mol. The highest BCUT2D eigenvalue weighted by atomic mass is 35.5. The molecule has 0 aliphatic heterocycles. The van der Waals surface area contributed by atoms with E-state index in [4.69, 9.17) is 11.6 Å². The van der Waals surface area contributed by atoms with E-state index in [0.29, 0.717) is 22.6 Å². The number of aryl methyl sites for hydroxylation is 1. The molecule has 0 saturated carbocycles. The Morgan fingerprint density at radius 1 is 1.41 bits per heavy atom. The van der Waals surface area contributed by atoms with Crippen molar-refractivity contribution in [1.29, 1.82) is 0 Å². The molecule has 2 aromatic rings. The summed E-state index contributed by atoms with van der Waals surface area (Å²) in [5, 5.41) is 12.5. The largest absolute Gasteiger partial charge is 0.388 e. The first-order valence-corrected chi connectivity index (χ1v) is 6.49. The Kier molecular flexibility index (Phi) is 3.82. The smallest absolute Gasteiger partial charge is 0.126 e. The summed E-state index contributed by atoms with van der Waals surface area (Å²) in [6, 6.07) is 6.58. The fourth-order valence-corrected chi connectivity index (χ4v) is 2.73. The van der Waals surface area contributed by atoms with Gasteiger partial charge in [-0.15, -0.1) is 11.3 Å². The lowest BCUT2D eigenvalue weighted by molar-refractivity contribution is 0.179. The zero-order chi connectivity index (χ0) is 12.4. The molecule has 0 saturated heterocycles. The van der Waals surface area contributed by atoms with Crippen LogP contribution in [0.5, 0.6) is 0 Å². The van der Waals surface area contributed by atoms with Gasteiger partial charge in [0.15, 0.2) is 0 Å². The molecule has 0 fully saturated rings. The Hall–Kier alpha value is -0.900. The minimum atomic E-state index is -0.721. The molecule has 1 N–H and O–H groups in total. The molecule has 90 valence electrons. The minimum absolute atomic E-state index is 0.293. The van der Waals surface area contributed by atoms with Gasteiger partial charge in [0.25, 0.3) is 0 Å². The molecular weight excluding hydrogens is 259 g/mol. The van der Waals surface area contributed by atoms with Gasteiger partial charge in [-0.3, -0.25) is 0 Å². The Labute approximate surface area is 108 Å². The highest BCUT2D eigenvalue weighted by Crippen LogP contribution is 2.28. The number of aliphatic hydroxyl groups is 1. The molecule has 2 rings (SSSR count). The van der Waals surface area contributed by atoms with E-state index in [1.54, 1.807) is 25.1 Å². The van der Waals surface area contributed by atoms with Gasteiger partial charge in [0, 0.05) is 11.3 Å². The van der Waals surface area contributed by atoms with Crippen molar-refractivity contribution in [3.63, 3.8) is 0 Å². The van der Waals surface area contributed by atoms with Crippen molar-refractivity contribution in [2.24, 2.45) is 0 Å². The highest BCUT2D eigenvalue weighted by Gasteiger charge is 2.13. The van der Waals surface area contributed by atoms with Crippen LogP contribution in [0.15, 0.2) is 29.6 Å². The molecule has 1 atom stereocenters. The molecule has 0 aliphatic carbocycles. The van der Waals surface area contributed by atoms with Crippen LogP contribution in [0.1, 0.15) is 22.1 Å². The van der Waals surface area contributed by atoms with Crippen LogP contribution in [0.25, 0.3) is 0 Å². The maximum atomic E-state index is 13.4. The van der Waals surface area contributed by atoms with Crippen LogP contribution in [0, 0.1) is 12.7 Å². The van der Waals surface area contributed by atoms with E-state index in [-0.39, 0.29) is 5.82 Å². The average Bonchev–Trinajstić information content (AvgIpc) is 2.68. The fraction of sp³-hybridized carbons (Fsp3) is 0.231. The van der Waals surface area contributed by atoms with Gasteiger partial charge in [-0.25, -0.2) is 4.39 Å². The van der Waals surface area contributed by atoms with Crippen LogP contribution in [0.3, 0.4) is 0 Å². The lowest BCUT2D eigenvalue weighted by atomic mass is 10.0. The van der Waals surface area contributed by atoms with Gasteiger partial charge < -0.3 is 5.11 Å². The summed E-state index contributed by atoms with van der Waals surface area (Å²) in [6.07, 6.45) is -0.305. The maximum Gasteiger partial charge on any atom is 0.126 e. The van der Waals surface area contributed by atoms with Crippen molar-refractivity contribution < 1.29 is 9.50 Å². The number of hydrogen-bond acceptors (Lipinski definition) is 2. The predicted molar refractivity (Wildman–Crippen MR) is 69.1 cm³/mol. The van der Waals surface area contributed by atoms with Crippen molar-refractivity contribution in [3.8, 4) is 0 Å². The van der Waals surface area contributed by atoms with Crippen LogP contribution < -0.4 is 0 Å². The van der Waals surface area contributed by atoms with Crippen molar-refractivity contribution in [1.82, 2.24) is 0 Å². The van der Waals surface area contributed by atoms with Crippen LogP contribution in [0.4, 0.5) is 4.39 Å². The van der Waals surface area contributed by atoms with E-state index >= 15 is 0 Å².